The fourth-order valence-corrected chi connectivity index (χ4v) is 4.53. The summed E-state index contributed by atoms with van der Waals surface area (Å²) in [5.74, 6) is 0.898. The van der Waals surface area contributed by atoms with Crippen molar-refractivity contribution in [3.63, 3.8) is 0 Å². The zero-order valence-electron chi connectivity index (χ0n) is 18.2. The van der Waals surface area contributed by atoms with E-state index in [1.165, 1.54) is 21.3 Å². The van der Waals surface area contributed by atoms with Gasteiger partial charge in [-0.2, -0.15) is 5.26 Å². The van der Waals surface area contributed by atoms with E-state index in [1.54, 1.807) is 12.1 Å². The van der Waals surface area contributed by atoms with Crippen LogP contribution in [-0.4, -0.2) is 27.1 Å². The summed E-state index contributed by atoms with van der Waals surface area (Å²) in [5, 5.41) is 9.89. The van der Waals surface area contributed by atoms with E-state index in [2.05, 4.69) is 6.07 Å². The maximum atomic E-state index is 13.4. The number of nitrogens with zero attached hydrogens (tertiary/aromatic N) is 1. The molecule has 2 aliphatic rings. The minimum Gasteiger partial charge on any atom is -0.493 e. The van der Waals surface area contributed by atoms with Crippen LogP contribution in [0.3, 0.4) is 0 Å². The summed E-state index contributed by atoms with van der Waals surface area (Å²) >= 11 is 0. The molecule has 2 aromatic carbocycles. The lowest BCUT2D eigenvalue weighted by Gasteiger charge is -2.34. The molecule has 0 amide bonds. The summed E-state index contributed by atoms with van der Waals surface area (Å²) in [6, 6.07) is 15.5. The van der Waals surface area contributed by atoms with E-state index < -0.39 is 5.92 Å². The highest BCUT2D eigenvalue weighted by molar-refractivity contribution is 6.00. The van der Waals surface area contributed by atoms with Crippen LogP contribution >= 0.6 is 0 Å². The molecule has 0 aromatic heterocycles. The molecule has 32 heavy (non-hydrogen) atoms. The SMILES string of the molecule is COc1ccc([C@@H]2C(C#N)=C(N)OC3=C2C(=O)C[C@@H](c2ccccc2)C3)c(OC)c1OC. The summed E-state index contributed by atoms with van der Waals surface area (Å²) in [7, 11) is 4.53. The molecule has 2 N–H and O–H groups in total. The van der Waals surface area contributed by atoms with Gasteiger partial charge in [0.1, 0.15) is 17.4 Å². The Morgan fingerprint density at radius 3 is 2.34 bits per heavy atom. The first-order chi connectivity index (χ1) is 15.5. The minimum absolute atomic E-state index is 0.00500. The first-order valence-corrected chi connectivity index (χ1v) is 10.2. The predicted molar refractivity (Wildman–Crippen MR) is 117 cm³/mol. The number of allylic oxidation sites excluding steroid dienone is 3. The van der Waals surface area contributed by atoms with Crippen LogP contribution in [0.5, 0.6) is 17.2 Å². The summed E-state index contributed by atoms with van der Waals surface area (Å²) in [4.78, 5) is 13.4. The molecule has 0 saturated heterocycles. The summed E-state index contributed by atoms with van der Waals surface area (Å²) < 4.78 is 22.4. The van der Waals surface area contributed by atoms with Crippen LogP contribution in [0, 0.1) is 11.3 Å². The summed E-state index contributed by atoms with van der Waals surface area (Å²) in [5.41, 5.74) is 8.42. The second-order valence-electron chi connectivity index (χ2n) is 7.62. The van der Waals surface area contributed by atoms with E-state index in [0.29, 0.717) is 47.0 Å². The maximum Gasteiger partial charge on any atom is 0.205 e. The quantitative estimate of drug-likeness (QED) is 0.764. The predicted octanol–water partition coefficient (Wildman–Crippen LogP) is 3.92. The highest BCUT2D eigenvalue weighted by Gasteiger charge is 2.42. The Bertz CT molecular complexity index is 1160. The number of carbonyl (C=O) groups is 1. The topological polar surface area (TPSA) is 104 Å². The number of nitriles is 1. The van der Waals surface area contributed by atoms with E-state index in [0.717, 1.165) is 5.56 Å². The average Bonchev–Trinajstić information content (AvgIpc) is 2.82. The van der Waals surface area contributed by atoms with Crippen molar-refractivity contribution in [2.75, 3.05) is 21.3 Å². The van der Waals surface area contributed by atoms with Gasteiger partial charge in [0, 0.05) is 24.0 Å². The molecule has 2 aromatic rings. The Balaban J connectivity index is 1.87. The molecule has 1 aliphatic heterocycles. The van der Waals surface area contributed by atoms with Gasteiger partial charge in [-0.25, -0.2) is 0 Å². The van der Waals surface area contributed by atoms with Crippen molar-refractivity contribution in [1.82, 2.24) is 0 Å². The molecule has 4 rings (SSSR count). The van der Waals surface area contributed by atoms with Gasteiger partial charge in [0.2, 0.25) is 11.6 Å². The number of nitrogens with two attached hydrogens (primary N) is 1. The zero-order chi connectivity index (χ0) is 22.8. The minimum atomic E-state index is -0.720. The Morgan fingerprint density at radius 2 is 1.72 bits per heavy atom. The number of ketones is 1. The van der Waals surface area contributed by atoms with Gasteiger partial charge in [-0.05, 0) is 17.5 Å². The van der Waals surface area contributed by atoms with Gasteiger partial charge in [0.15, 0.2) is 17.3 Å². The van der Waals surface area contributed by atoms with Crippen LogP contribution in [0.15, 0.2) is 65.3 Å². The lowest BCUT2D eigenvalue weighted by Crippen LogP contribution is -2.30. The van der Waals surface area contributed by atoms with Crippen molar-refractivity contribution in [3.05, 3.63) is 76.4 Å². The second kappa shape index (κ2) is 8.67. The largest absolute Gasteiger partial charge is 0.493 e. The molecule has 7 heteroatoms. The first kappa shape index (κ1) is 21.3. The maximum absolute atomic E-state index is 13.4. The standard InChI is InChI=1S/C25H24N2O5/c1-29-19-10-9-16(23(30-2)24(19)31-3)21-17(13-26)25(27)32-20-12-15(11-18(28)22(20)21)14-7-5-4-6-8-14/h4-10,15,21H,11-12,27H2,1-3H3/t15-,21-/m1/s1. The highest BCUT2D eigenvalue weighted by Crippen LogP contribution is 2.51. The van der Waals surface area contributed by atoms with Gasteiger partial charge in [-0.15, -0.1) is 0 Å². The van der Waals surface area contributed by atoms with Crippen molar-refractivity contribution in [2.24, 2.45) is 5.73 Å². The van der Waals surface area contributed by atoms with E-state index in [-0.39, 0.29) is 23.2 Å². The number of carbonyl (C=O) groups excluding carboxylic acids is 1. The first-order valence-electron chi connectivity index (χ1n) is 10.2. The Kier molecular flexibility index (Phi) is 5.78. The third kappa shape index (κ3) is 3.44. The van der Waals surface area contributed by atoms with E-state index >= 15 is 0 Å². The zero-order valence-corrected chi connectivity index (χ0v) is 18.2. The molecule has 0 unspecified atom stereocenters. The third-order valence-corrected chi connectivity index (χ3v) is 5.98. The van der Waals surface area contributed by atoms with Gasteiger partial charge < -0.3 is 24.7 Å². The van der Waals surface area contributed by atoms with Crippen LogP contribution in [0.25, 0.3) is 0 Å². The van der Waals surface area contributed by atoms with Crippen LogP contribution in [0.4, 0.5) is 0 Å². The molecule has 7 nitrogen and oxygen atoms in total. The smallest absolute Gasteiger partial charge is 0.205 e. The summed E-state index contributed by atoms with van der Waals surface area (Å²) in [6.45, 7) is 0. The Labute approximate surface area is 186 Å². The van der Waals surface area contributed by atoms with Crippen molar-refractivity contribution in [2.45, 2.75) is 24.7 Å². The summed E-state index contributed by atoms with van der Waals surface area (Å²) in [6.07, 6.45) is 0.827. The molecule has 164 valence electrons. The molecule has 0 saturated carbocycles. The van der Waals surface area contributed by atoms with Crippen LogP contribution < -0.4 is 19.9 Å². The van der Waals surface area contributed by atoms with E-state index in [9.17, 15) is 10.1 Å². The van der Waals surface area contributed by atoms with E-state index in [1.807, 2.05) is 30.3 Å². The van der Waals surface area contributed by atoms with Crippen LogP contribution in [-0.2, 0) is 9.53 Å². The molecule has 0 radical (unpaired) electrons. The van der Waals surface area contributed by atoms with Gasteiger partial charge in [-0.1, -0.05) is 36.4 Å². The fourth-order valence-electron chi connectivity index (χ4n) is 4.53. The molecule has 2 atom stereocenters. The van der Waals surface area contributed by atoms with Crippen molar-refractivity contribution < 1.29 is 23.7 Å². The van der Waals surface area contributed by atoms with Crippen molar-refractivity contribution in [3.8, 4) is 23.3 Å². The van der Waals surface area contributed by atoms with Gasteiger partial charge in [0.05, 0.1) is 27.2 Å². The van der Waals surface area contributed by atoms with E-state index in [4.69, 9.17) is 24.7 Å². The second-order valence-corrected chi connectivity index (χ2v) is 7.62. The highest BCUT2D eigenvalue weighted by atomic mass is 16.5. The van der Waals surface area contributed by atoms with Gasteiger partial charge >= 0.3 is 0 Å². The number of methoxy groups -OCH3 is 3. The normalized spacial score (nSPS) is 20.2. The number of ether oxygens (including phenoxy) is 4. The monoisotopic (exact) mass is 432 g/mol. The lowest BCUT2D eigenvalue weighted by atomic mass is 9.73. The molecule has 0 bridgehead atoms. The molecule has 1 aliphatic carbocycles. The molecule has 0 spiro atoms. The van der Waals surface area contributed by atoms with Crippen LogP contribution in [0.1, 0.15) is 35.8 Å². The van der Waals surface area contributed by atoms with Gasteiger partial charge in [-0.3, -0.25) is 4.79 Å². The molecule has 1 heterocycles. The van der Waals surface area contributed by atoms with Gasteiger partial charge in [0.25, 0.3) is 0 Å². The lowest BCUT2D eigenvalue weighted by molar-refractivity contribution is -0.117. The number of hydrogen-bond acceptors (Lipinski definition) is 7. The van der Waals surface area contributed by atoms with Crippen molar-refractivity contribution in [1.29, 1.82) is 5.26 Å². The Morgan fingerprint density at radius 1 is 1.00 bits per heavy atom. The average molecular weight is 432 g/mol. The molecule has 0 fully saturated rings. The van der Waals surface area contributed by atoms with Crippen LogP contribution in [0.2, 0.25) is 0 Å². The molecular formula is C25H24N2O5. The number of benzene rings is 2. The fraction of sp³-hybridized carbons (Fsp3) is 0.280. The Hall–Kier alpha value is -3.92. The van der Waals surface area contributed by atoms with Crippen molar-refractivity contribution >= 4 is 5.78 Å². The number of Topliss-reactive ketones (excluding diaryl/α,β-unsaturated/α-hetero) is 1. The number of rotatable bonds is 5. The number of hydrogen-bond donors (Lipinski definition) is 1. The molecular weight excluding hydrogens is 408 g/mol. The third-order valence-electron chi connectivity index (χ3n) is 5.98.